The number of aliphatic hydroxyl groups excluding tert-OH is 1. The highest BCUT2D eigenvalue weighted by Gasteiger charge is 2.02. The summed E-state index contributed by atoms with van der Waals surface area (Å²) in [5.41, 5.74) is 0. The fraction of sp³-hybridized carbons (Fsp3) is 0.850. The average molecular weight is 326 g/mol. The number of allylic oxidation sites excluding steroid dienone is 1. The largest absolute Gasteiger partial charge is 0.393 e. The fourth-order valence-electron chi connectivity index (χ4n) is 2.59. The van der Waals surface area contributed by atoms with Gasteiger partial charge in [-0.05, 0) is 32.1 Å². The quantitative estimate of drug-likeness (QED) is 0.337. The Labute approximate surface area is 144 Å². The summed E-state index contributed by atoms with van der Waals surface area (Å²) in [6.07, 6.45) is 18.5. The molecule has 0 heterocycles. The molecule has 3 heteroatoms. The smallest absolute Gasteiger partial charge is 0.222 e. The third-order valence-electron chi connectivity index (χ3n) is 4.23. The molecule has 0 saturated heterocycles. The van der Waals surface area contributed by atoms with Gasteiger partial charge >= 0.3 is 0 Å². The molecule has 1 unspecified atom stereocenters. The number of hydrogen-bond donors (Lipinski definition) is 1. The fourth-order valence-corrected chi connectivity index (χ4v) is 2.59. The predicted octanol–water partition coefficient (Wildman–Crippen LogP) is 5.08. The lowest BCUT2D eigenvalue weighted by molar-refractivity contribution is -0.128. The Hall–Kier alpha value is -0.830. The molecule has 0 aromatic heterocycles. The van der Waals surface area contributed by atoms with Crippen LogP contribution < -0.4 is 0 Å². The summed E-state index contributed by atoms with van der Waals surface area (Å²) >= 11 is 0. The molecule has 0 aliphatic carbocycles. The minimum atomic E-state index is -0.155. The van der Waals surface area contributed by atoms with E-state index >= 15 is 0 Å². The van der Waals surface area contributed by atoms with Crippen molar-refractivity contribution in [2.75, 3.05) is 14.1 Å². The lowest BCUT2D eigenvalue weighted by Gasteiger charge is -2.09. The molecule has 0 rings (SSSR count). The van der Waals surface area contributed by atoms with Crippen LogP contribution in [0.1, 0.15) is 90.4 Å². The van der Waals surface area contributed by atoms with Crippen LogP contribution in [0.3, 0.4) is 0 Å². The highest BCUT2D eigenvalue weighted by atomic mass is 16.3. The summed E-state index contributed by atoms with van der Waals surface area (Å²) in [5.74, 6) is 0.237. The Kier molecular flexibility index (Phi) is 15.5. The van der Waals surface area contributed by atoms with Gasteiger partial charge in [-0.3, -0.25) is 4.79 Å². The van der Waals surface area contributed by atoms with Crippen molar-refractivity contribution in [1.82, 2.24) is 4.90 Å². The highest BCUT2D eigenvalue weighted by Crippen LogP contribution is 2.10. The number of carbonyl (C=O) groups is 1. The van der Waals surface area contributed by atoms with Gasteiger partial charge in [-0.15, -0.1) is 0 Å². The first-order chi connectivity index (χ1) is 11.1. The predicted molar refractivity (Wildman–Crippen MR) is 99.5 cm³/mol. The molecule has 3 nitrogen and oxygen atoms in total. The Morgan fingerprint density at radius 1 is 0.957 bits per heavy atom. The van der Waals surface area contributed by atoms with E-state index in [1.807, 2.05) is 14.1 Å². The van der Waals surface area contributed by atoms with E-state index in [9.17, 15) is 9.90 Å². The van der Waals surface area contributed by atoms with Gasteiger partial charge in [-0.25, -0.2) is 0 Å². The topological polar surface area (TPSA) is 40.5 Å². The molecule has 1 amide bonds. The molecule has 136 valence electrons. The normalized spacial score (nSPS) is 12.7. The second kappa shape index (κ2) is 16.0. The molecule has 0 aromatic carbocycles. The van der Waals surface area contributed by atoms with Gasteiger partial charge in [0.1, 0.15) is 0 Å². The zero-order valence-electron chi connectivity index (χ0n) is 15.7. The molecule has 0 radical (unpaired) electrons. The van der Waals surface area contributed by atoms with Crippen molar-refractivity contribution in [1.29, 1.82) is 0 Å². The third-order valence-corrected chi connectivity index (χ3v) is 4.23. The van der Waals surface area contributed by atoms with Crippen LogP contribution in [0.15, 0.2) is 12.2 Å². The van der Waals surface area contributed by atoms with Gasteiger partial charge in [0.05, 0.1) is 6.10 Å². The van der Waals surface area contributed by atoms with Crippen LogP contribution in [0.5, 0.6) is 0 Å². The van der Waals surface area contributed by atoms with Crippen molar-refractivity contribution in [3.63, 3.8) is 0 Å². The van der Waals surface area contributed by atoms with Crippen molar-refractivity contribution in [3.05, 3.63) is 12.2 Å². The molecule has 0 spiro atoms. The zero-order valence-corrected chi connectivity index (χ0v) is 15.7. The number of rotatable bonds is 15. The molecule has 0 saturated carbocycles. The number of hydrogen-bond acceptors (Lipinski definition) is 2. The highest BCUT2D eigenvalue weighted by molar-refractivity contribution is 5.75. The molecular formula is C20H39NO2. The number of aliphatic hydroxyl groups is 1. The number of amides is 1. The summed E-state index contributed by atoms with van der Waals surface area (Å²) < 4.78 is 0. The SMILES string of the molecule is CCCCCCC(O)CC=CCCCCCCCC(=O)N(C)C. The molecule has 1 N–H and O–H groups in total. The minimum absolute atomic E-state index is 0.155. The monoisotopic (exact) mass is 325 g/mol. The lowest BCUT2D eigenvalue weighted by Crippen LogP contribution is -2.20. The second-order valence-corrected chi connectivity index (χ2v) is 6.80. The summed E-state index contributed by atoms with van der Waals surface area (Å²) in [5, 5.41) is 9.85. The maximum atomic E-state index is 11.4. The standard InChI is InChI=1S/C20H39NO2/c1-4-5-6-13-16-19(22)17-14-11-9-7-8-10-12-15-18-20(23)21(2)3/h11,14,19,22H,4-10,12-13,15-18H2,1-3H3. The second-order valence-electron chi connectivity index (χ2n) is 6.80. The number of carbonyl (C=O) groups excluding carboxylic acids is 1. The first kappa shape index (κ1) is 22.2. The van der Waals surface area contributed by atoms with Gasteiger partial charge in [-0.2, -0.15) is 0 Å². The maximum absolute atomic E-state index is 11.4. The van der Waals surface area contributed by atoms with Crippen molar-refractivity contribution in [3.8, 4) is 0 Å². The minimum Gasteiger partial charge on any atom is -0.393 e. The third kappa shape index (κ3) is 15.8. The van der Waals surface area contributed by atoms with E-state index in [4.69, 9.17) is 0 Å². The summed E-state index contributed by atoms with van der Waals surface area (Å²) in [6, 6.07) is 0. The van der Waals surface area contributed by atoms with Gasteiger partial charge in [0, 0.05) is 20.5 Å². The van der Waals surface area contributed by atoms with E-state index in [0.29, 0.717) is 6.42 Å². The molecule has 0 aliphatic rings. The average Bonchev–Trinajstić information content (AvgIpc) is 2.53. The Morgan fingerprint density at radius 3 is 2.30 bits per heavy atom. The maximum Gasteiger partial charge on any atom is 0.222 e. The molecule has 0 bridgehead atoms. The van der Waals surface area contributed by atoms with Crippen molar-refractivity contribution < 1.29 is 9.90 Å². The Morgan fingerprint density at radius 2 is 1.61 bits per heavy atom. The summed E-state index contributed by atoms with van der Waals surface area (Å²) in [6.45, 7) is 2.21. The van der Waals surface area contributed by atoms with Crippen LogP contribution in [-0.2, 0) is 4.79 Å². The molecule has 0 fully saturated rings. The van der Waals surface area contributed by atoms with Crippen LogP contribution in [0.25, 0.3) is 0 Å². The van der Waals surface area contributed by atoms with E-state index in [2.05, 4.69) is 19.1 Å². The van der Waals surface area contributed by atoms with Crippen LogP contribution in [0, 0.1) is 0 Å². The Bertz CT molecular complexity index is 300. The molecule has 0 aromatic rings. The van der Waals surface area contributed by atoms with Crippen molar-refractivity contribution >= 4 is 5.91 Å². The van der Waals surface area contributed by atoms with Crippen molar-refractivity contribution in [2.24, 2.45) is 0 Å². The zero-order chi connectivity index (χ0) is 17.3. The van der Waals surface area contributed by atoms with Crippen LogP contribution >= 0.6 is 0 Å². The van der Waals surface area contributed by atoms with Crippen LogP contribution in [0.2, 0.25) is 0 Å². The Balaban J connectivity index is 3.32. The van der Waals surface area contributed by atoms with E-state index < -0.39 is 0 Å². The number of nitrogens with zero attached hydrogens (tertiary/aromatic N) is 1. The number of unbranched alkanes of at least 4 members (excludes halogenated alkanes) is 8. The molecule has 23 heavy (non-hydrogen) atoms. The van der Waals surface area contributed by atoms with Crippen LogP contribution in [-0.4, -0.2) is 36.1 Å². The van der Waals surface area contributed by atoms with Gasteiger partial charge in [0.25, 0.3) is 0 Å². The van der Waals surface area contributed by atoms with E-state index in [1.165, 1.54) is 38.5 Å². The molecule has 1 atom stereocenters. The van der Waals surface area contributed by atoms with E-state index in [-0.39, 0.29) is 12.0 Å². The van der Waals surface area contributed by atoms with E-state index in [0.717, 1.165) is 38.5 Å². The van der Waals surface area contributed by atoms with Crippen molar-refractivity contribution in [2.45, 2.75) is 96.5 Å². The van der Waals surface area contributed by atoms with Gasteiger partial charge in [0.15, 0.2) is 0 Å². The summed E-state index contributed by atoms with van der Waals surface area (Å²) in [4.78, 5) is 13.1. The molecule has 0 aliphatic heterocycles. The van der Waals surface area contributed by atoms with E-state index in [1.54, 1.807) is 4.90 Å². The van der Waals surface area contributed by atoms with Gasteiger partial charge in [-0.1, -0.05) is 64.0 Å². The lowest BCUT2D eigenvalue weighted by atomic mass is 10.1. The first-order valence-corrected chi connectivity index (χ1v) is 9.61. The van der Waals surface area contributed by atoms with Crippen LogP contribution in [0.4, 0.5) is 0 Å². The first-order valence-electron chi connectivity index (χ1n) is 9.61. The van der Waals surface area contributed by atoms with Gasteiger partial charge < -0.3 is 10.0 Å². The van der Waals surface area contributed by atoms with Gasteiger partial charge in [0.2, 0.25) is 5.91 Å². The summed E-state index contributed by atoms with van der Waals surface area (Å²) in [7, 11) is 3.63. The molecular weight excluding hydrogens is 286 g/mol.